The molecule has 8 nitrogen and oxygen atoms in total. The summed E-state index contributed by atoms with van der Waals surface area (Å²) < 4.78 is 70.3. The van der Waals surface area contributed by atoms with Gasteiger partial charge in [-0.15, -0.1) is 0 Å². The van der Waals surface area contributed by atoms with E-state index in [9.17, 15) is 25.9 Å². The number of anilines is 4. The molecule has 4 N–H and O–H groups in total. The van der Waals surface area contributed by atoms with Crippen LogP contribution in [0.4, 0.5) is 22.7 Å². The van der Waals surface area contributed by atoms with Crippen molar-refractivity contribution in [3.63, 3.8) is 0 Å². The van der Waals surface area contributed by atoms with Crippen molar-refractivity contribution in [2.45, 2.75) is 9.79 Å². The van der Waals surface area contributed by atoms with Gasteiger partial charge in [-0.1, -0.05) is 72.8 Å². The van der Waals surface area contributed by atoms with E-state index in [-0.39, 0.29) is 20.6 Å². The summed E-state index contributed by atoms with van der Waals surface area (Å²) in [6.07, 6.45) is 0. The van der Waals surface area contributed by atoms with Gasteiger partial charge in [0.1, 0.15) is 9.79 Å². The first-order valence-corrected chi connectivity index (χ1v) is 15.7. The van der Waals surface area contributed by atoms with Gasteiger partial charge >= 0.3 is 0 Å². The Morgan fingerprint density at radius 3 is 1.17 bits per heavy atom. The van der Waals surface area contributed by atoms with Crippen molar-refractivity contribution >= 4 is 64.5 Å². The minimum Gasteiger partial charge on any atom is -0.355 e. The van der Waals surface area contributed by atoms with E-state index in [4.69, 9.17) is 0 Å². The minimum atomic E-state index is -4.62. The third kappa shape index (κ3) is 5.19. The average Bonchev–Trinajstić information content (AvgIpc) is 2.97. The standard InChI is InChI=1S/C32H24N2O6S2/c35-41(36,37)29-15-7-13-25-23(17-19-27(31(25)29)33-21-9-3-1-4-10-21)24-18-20-28(34-22-11-5-2-6-12-22)32-26(24)14-8-16-30(32)42(38,39)40/h1-20,33-34H,(H,35,36,37)(H,38,39,40). The maximum absolute atomic E-state index is 12.5. The second-order valence-electron chi connectivity index (χ2n) is 9.61. The summed E-state index contributed by atoms with van der Waals surface area (Å²) in [5.74, 6) is 0. The smallest absolute Gasteiger partial charge is 0.295 e. The van der Waals surface area contributed by atoms with Crippen LogP contribution < -0.4 is 10.6 Å². The second kappa shape index (κ2) is 10.6. The molecule has 0 amide bonds. The lowest BCUT2D eigenvalue weighted by atomic mass is 9.92. The molecule has 0 saturated carbocycles. The van der Waals surface area contributed by atoms with E-state index < -0.39 is 20.2 Å². The van der Waals surface area contributed by atoms with Gasteiger partial charge in [0, 0.05) is 33.5 Å². The van der Waals surface area contributed by atoms with Crippen molar-refractivity contribution in [3.05, 3.63) is 121 Å². The molecule has 42 heavy (non-hydrogen) atoms. The van der Waals surface area contributed by atoms with Gasteiger partial charge < -0.3 is 10.6 Å². The Morgan fingerprint density at radius 1 is 0.429 bits per heavy atom. The first kappa shape index (κ1) is 27.4. The van der Waals surface area contributed by atoms with E-state index >= 15 is 0 Å². The van der Waals surface area contributed by atoms with Gasteiger partial charge in [-0.2, -0.15) is 16.8 Å². The highest BCUT2D eigenvalue weighted by atomic mass is 32.2. The fourth-order valence-electron chi connectivity index (χ4n) is 5.21. The van der Waals surface area contributed by atoms with Crippen LogP contribution in [0.5, 0.6) is 0 Å². The molecule has 0 heterocycles. The number of hydrogen-bond donors (Lipinski definition) is 4. The molecule has 0 bridgehead atoms. The average molecular weight is 597 g/mol. The molecule has 0 radical (unpaired) electrons. The Labute approximate surface area is 242 Å². The van der Waals surface area contributed by atoms with Crippen molar-refractivity contribution in [2.75, 3.05) is 10.6 Å². The lowest BCUT2D eigenvalue weighted by molar-refractivity contribution is 0.482. The molecule has 6 aromatic rings. The molecule has 0 aromatic heterocycles. The zero-order valence-electron chi connectivity index (χ0n) is 21.9. The Kier molecular flexibility index (Phi) is 6.91. The number of para-hydroxylation sites is 2. The van der Waals surface area contributed by atoms with E-state index in [0.717, 1.165) is 11.4 Å². The summed E-state index contributed by atoms with van der Waals surface area (Å²) in [6, 6.07) is 34.7. The monoisotopic (exact) mass is 596 g/mol. The van der Waals surface area contributed by atoms with Crippen molar-refractivity contribution in [1.29, 1.82) is 0 Å². The van der Waals surface area contributed by atoms with Crippen LogP contribution in [0.15, 0.2) is 131 Å². The number of nitrogens with one attached hydrogen (secondary N) is 2. The van der Waals surface area contributed by atoms with E-state index in [1.165, 1.54) is 12.1 Å². The molecular weight excluding hydrogens is 572 g/mol. The third-order valence-electron chi connectivity index (χ3n) is 6.96. The van der Waals surface area contributed by atoms with E-state index in [1.54, 1.807) is 48.5 Å². The van der Waals surface area contributed by atoms with Crippen LogP contribution in [0.25, 0.3) is 32.7 Å². The molecule has 0 atom stereocenters. The van der Waals surface area contributed by atoms with Crippen LogP contribution in [0.2, 0.25) is 0 Å². The Bertz CT molecular complexity index is 2030. The van der Waals surface area contributed by atoms with Crippen LogP contribution >= 0.6 is 0 Å². The van der Waals surface area contributed by atoms with Gasteiger partial charge in [-0.05, 0) is 70.4 Å². The van der Waals surface area contributed by atoms with Gasteiger partial charge in [-0.25, -0.2) is 0 Å². The summed E-state index contributed by atoms with van der Waals surface area (Å²) in [5, 5.41) is 8.04. The summed E-state index contributed by atoms with van der Waals surface area (Å²) in [7, 11) is -9.23. The van der Waals surface area contributed by atoms with Crippen LogP contribution in [-0.4, -0.2) is 25.9 Å². The van der Waals surface area contributed by atoms with Gasteiger partial charge in [-0.3, -0.25) is 9.11 Å². The molecule has 0 spiro atoms. The predicted octanol–water partition coefficient (Wildman–Crippen LogP) is 7.64. The van der Waals surface area contributed by atoms with Crippen molar-refractivity contribution in [2.24, 2.45) is 0 Å². The van der Waals surface area contributed by atoms with E-state index in [1.807, 2.05) is 60.7 Å². The fourth-order valence-corrected chi connectivity index (χ4v) is 6.67. The number of fused-ring (bicyclic) bond motifs is 2. The zero-order chi connectivity index (χ0) is 29.5. The molecule has 0 saturated heterocycles. The molecule has 210 valence electrons. The van der Waals surface area contributed by atoms with Gasteiger partial charge in [0.2, 0.25) is 0 Å². The first-order chi connectivity index (χ1) is 20.1. The number of hydrogen-bond acceptors (Lipinski definition) is 6. The van der Waals surface area contributed by atoms with E-state index in [0.29, 0.717) is 33.3 Å². The van der Waals surface area contributed by atoms with E-state index in [2.05, 4.69) is 10.6 Å². The highest BCUT2D eigenvalue weighted by molar-refractivity contribution is 7.86. The molecule has 10 heteroatoms. The summed E-state index contributed by atoms with van der Waals surface area (Å²) in [4.78, 5) is -0.545. The maximum Gasteiger partial charge on any atom is 0.295 e. The molecule has 6 rings (SSSR count). The summed E-state index contributed by atoms with van der Waals surface area (Å²) in [5.41, 5.74) is 3.54. The molecule has 6 aromatic carbocycles. The molecule has 0 aliphatic carbocycles. The molecule has 0 aliphatic heterocycles. The highest BCUT2D eigenvalue weighted by Gasteiger charge is 2.23. The molecular formula is C32H24N2O6S2. The third-order valence-corrected chi connectivity index (χ3v) is 8.75. The van der Waals surface area contributed by atoms with Crippen molar-refractivity contribution < 1.29 is 25.9 Å². The van der Waals surface area contributed by atoms with Gasteiger partial charge in [0.15, 0.2) is 0 Å². The fraction of sp³-hybridized carbons (Fsp3) is 0. The Morgan fingerprint density at radius 2 is 0.810 bits per heavy atom. The summed E-state index contributed by atoms with van der Waals surface area (Å²) in [6.45, 7) is 0. The number of benzene rings is 6. The largest absolute Gasteiger partial charge is 0.355 e. The van der Waals surface area contributed by atoms with Gasteiger partial charge in [0.25, 0.3) is 20.2 Å². The minimum absolute atomic E-state index is 0.270. The molecule has 0 aliphatic rings. The normalized spacial score (nSPS) is 12.0. The van der Waals surface area contributed by atoms with Crippen LogP contribution in [-0.2, 0) is 20.2 Å². The van der Waals surface area contributed by atoms with Crippen LogP contribution in [0.1, 0.15) is 0 Å². The topological polar surface area (TPSA) is 133 Å². The lowest BCUT2D eigenvalue weighted by Crippen LogP contribution is -2.03. The Hall–Kier alpha value is -4.74. The Balaban J connectivity index is 1.65. The molecule has 0 fully saturated rings. The van der Waals surface area contributed by atoms with Crippen LogP contribution in [0.3, 0.4) is 0 Å². The first-order valence-electron chi connectivity index (χ1n) is 12.8. The maximum atomic E-state index is 12.5. The zero-order valence-corrected chi connectivity index (χ0v) is 23.5. The molecule has 0 unspecified atom stereocenters. The lowest BCUT2D eigenvalue weighted by Gasteiger charge is -2.19. The van der Waals surface area contributed by atoms with Crippen LogP contribution in [0, 0.1) is 0 Å². The van der Waals surface area contributed by atoms with Gasteiger partial charge in [0.05, 0.1) is 0 Å². The predicted molar refractivity (Wildman–Crippen MR) is 166 cm³/mol. The quantitative estimate of drug-likeness (QED) is 0.138. The second-order valence-corrected chi connectivity index (χ2v) is 12.4. The van der Waals surface area contributed by atoms with Crippen molar-refractivity contribution in [1.82, 2.24) is 0 Å². The van der Waals surface area contributed by atoms with Crippen molar-refractivity contribution in [3.8, 4) is 11.1 Å². The number of rotatable bonds is 7. The summed E-state index contributed by atoms with van der Waals surface area (Å²) >= 11 is 0. The highest BCUT2D eigenvalue weighted by Crippen LogP contribution is 2.43. The SMILES string of the molecule is O=S(=O)(O)c1cccc2c(-c3ccc(Nc4ccccc4)c4c(S(=O)(=O)O)cccc34)ccc(Nc3ccccc3)c12.